The monoisotopic (exact) mass is 289 g/mol. The molecule has 0 fully saturated rings. The summed E-state index contributed by atoms with van der Waals surface area (Å²) in [6.45, 7) is 4.18. The molecule has 2 rings (SSSR count). The van der Waals surface area contributed by atoms with Gasteiger partial charge in [0.25, 0.3) is 0 Å². The SMILES string of the molecule is CC(C)c1ccc(NC(=O)C(=O)Nc2nccs2)cc1. The first-order valence-electron chi connectivity index (χ1n) is 6.18. The molecule has 0 saturated heterocycles. The van der Waals surface area contributed by atoms with Crippen LogP contribution in [0.5, 0.6) is 0 Å². The van der Waals surface area contributed by atoms with E-state index in [9.17, 15) is 9.59 Å². The zero-order valence-electron chi connectivity index (χ0n) is 11.2. The molecule has 0 aliphatic carbocycles. The molecule has 5 nitrogen and oxygen atoms in total. The van der Waals surface area contributed by atoms with E-state index >= 15 is 0 Å². The summed E-state index contributed by atoms with van der Waals surface area (Å²) >= 11 is 1.26. The molecule has 2 aromatic rings. The molecule has 0 spiro atoms. The predicted molar refractivity (Wildman–Crippen MR) is 79.9 cm³/mol. The number of benzene rings is 1. The van der Waals surface area contributed by atoms with Crippen molar-refractivity contribution in [1.82, 2.24) is 4.98 Å². The number of thiazole rings is 1. The van der Waals surface area contributed by atoms with Gasteiger partial charge >= 0.3 is 11.8 Å². The van der Waals surface area contributed by atoms with E-state index in [1.54, 1.807) is 23.7 Å². The van der Waals surface area contributed by atoms with Crippen molar-refractivity contribution in [2.24, 2.45) is 0 Å². The van der Waals surface area contributed by atoms with Crippen molar-refractivity contribution in [1.29, 1.82) is 0 Å². The van der Waals surface area contributed by atoms with Crippen LogP contribution < -0.4 is 10.6 Å². The van der Waals surface area contributed by atoms with Gasteiger partial charge in [-0.25, -0.2) is 4.98 Å². The molecule has 0 bridgehead atoms. The van der Waals surface area contributed by atoms with Gasteiger partial charge in [-0.2, -0.15) is 0 Å². The fraction of sp³-hybridized carbons (Fsp3) is 0.214. The van der Waals surface area contributed by atoms with E-state index in [-0.39, 0.29) is 0 Å². The van der Waals surface area contributed by atoms with E-state index < -0.39 is 11.8 Å². The van der Waals surface area contributed by atoms with Gasteiger partial charge in [-0.05, 0) is 23.6 Å². The van der Waals surface area contributed by atoms with Crippen molar-refractivity contribution in [3.63, 3.8) is 0 Å². The Morgan fingerprint density at radius 3 is 2.30 bits per heavy atom. The quantitative estimate of drug-likeness (QED) is 0.853. The van der Waals surface area contributed by atoms with Gasteiger partial charge in [-0.15, -0.1) is 11.3 Å². The molecule has 2 N–H and O–H groups in total. The number of anilines is 2. The van der Waals surface area contributed by atoms with Crippen LogP contribution >= 0.6 is 11.3 Å². The lowest BCUT2D eigenvalue weighted by atomic mass is 10.0. The third-order valence-corrected chi connectivity index (χ3v) is 3.38. The second-order valence-corrected chi connectivity index (χ2v) is 5.42. The number of hydrogen-bond donors (Lipinski definition) is 2. The van der Waals surface area contributed by atoms with E-state index in [2.05, 4.69) is 29.5 Å². The van der Waals surface area contributed by atoms with Crippen LogP contribution in [0.15, 0.2) is 35.8 Å². The second-order valence-electron chi connectivity index (χ2n) is 4.52. The molecule has 1 heterocycles. The number of rotatable bonds is 3. The molecule has 0 radical (unpaired) electrons. The minimum atomic E-state index is -0.729. The van der Waals surface area contributed by atoms with Crippen LogP contribution in [0.25, 0.3) is 0 Å². The molecule has 1 aromatic heterocycles. The Labute approximate surface area is 121 Å². The Bertz CT molecular complexity index is 591. The Morgan fingerprint density at radius 2 is 1.75 bits per heavy atom. The highest BCUT2D eigenvalue weighted by Gasteiger charge is 2.15. The van der Waals surface area contributed by atoms with Crippen molar-refractivity contribution in [2.75, 3.05) is 10.6 Å². The van der Waals surface area contributed by atoms with Crippen LogP contribution in [0, 0.1) is 0 Å². The minimum Gasteiger partial charge on any atom is -0.318 e. The van der Waals surface area contributed by atoms with Crippen molar-refractivity contribution >= 4 is 34.0 Å². The summed E-state index contributed by atoms with van der Waals surface area (Å²) in [7, 11) is 0. The van der Waals surface area contributed by atoms with Crippen LogP contribution in [-0.2, 0) is 9.59 Å². The molecule has 0 aliphatic heterocycles. The highest BCUT2D eigenvalue weighted by atomic mass is 32.1. The number of carbonyl (C=O) groups excluding carboxylic acids is 2. The van der Waals surface area contributed by atoms with Gasteiger partial charge in [-0.1, -0.05) is 26.0 Å². The molecular formula is C14H15N3O2S. The molecular weight excluding hydrogens is 274 g/mol. The summed E-state index contributed by atoms with van der Waals surface area (Å²) in [5.74, 6) is -1.02. The Kier molecular flexibility index (Phi) is 4.47. The third-order valence-electron chi connectivity index (χ3n) is 2.69. The highest BCUT2D eigenvalue weighted by Crippen LogP contribution is 2.17. The topological polar surface area (TPSA) is 71.1 Å². The number of aromatic nitrogens is 1. The highest BCUT2D eigenvalue weighted by molar-refractivity contribution is 7.13. The Hall–Kier alpha value is -2.21. The zero-order valence-corrected chi connectivity index (χ0v) is 12.0. The van der Waals surface area contributed by atoms with Gasteiger partial charge in [0, 0.05) is 17.3 Å². The first kappa shape index (κ1) is 14.2. The van der Waals surface area contributed by atoms with Gasteiger partial charge < -0.3 is 5.32 Å². The average molecular weight is 289 g/mol. The fourth-order valence-electron chi connectivity index (χ4n) is 1.58. The molecule has 0 unspecified atom stereocenters. The number of carbonyl (C=O) groups is 2. The van der Waals surface area contributed by atoms with Crippen LogP contribution in [0.1, 0.15) is 25.3 Å². The summed E-state index contributed by atoms with van der Waals surface area (Å²) in [5.41, 5.74) is 1.77. The van der Waals surface area contributed by atoms with E-state index in [1.165, 1.54) is 16.9 Å². The van der Waals surface area contributed by atoms with Crippen molar-refractivity contribution < 1.29 is 9.59 Å². The molecule has 0 saturated carbocycles. The molecule has 104 valence electrons. The van der Waals surface area contributed by atoms with Gasteiger partial charge in [0.05, 0.1) is 0 Å². The molecule has 0 aliphatic rings. The molecule has 20 heavy (non-hydrogen) atoms. The summed E-state index contributed by atoms with van der Waals surface area (Å²) in [4.78, 5) is 27.2. The number of amides is 2. The number of nitrogens with one attached hydrogen (secondary N) is 2. The van der Waals surface area contributed by atoms with E-state index in [0.29, 0.717) is 16.7 Å². The van der Waals surface area contributed by atoms with Gasteiger partial charge in [0.1, 0.15) is 0 Å². The maximum atomic E-state index is 11.7. The van der Waals surface area contributed by atoms with Crippen LogP contribution in [-0.4, -0.2) is 16.8 Å². The van der Waals surface area contributed by atoms with Gasteiger partial charge in [0.2, 0.25) is 0 Å². The summed E-state index contributed by atoms with van der Waals surface area (Å²) in [6.07, 6.45) is 1.56. The Morgan fingerprint density at radius 1 is 1.10 bits per heavy atom. The standard InChI is InChI=1S/C14H15N3O2S/c1-9(2)10-3-5-11(6-4-10)16-12(18)13(19)17-14-15-7-8-20-14/h3-9H,1-2H3,(H,16,18)(H,15,17,19). The van der Waals surface area contributed by atoms with Crippen molar-refractivity contribution in [2.45, 2.75) is 19.8 Å². The zero-order chi connectivity index (χ0) is 14.5. The first-order chi connectivity index (χ1) is 9.56. The van der Waals surface area contributed by atoms with Crippen LogP contribution in [0.3, 0.4) is 0 Å². The third kappa shape index (κ3) is 3.64. The predicted octanol–water partition coefficient (Wildman–Crippen LogP) is 2.84. The molecule has 0 atom stereocenters. The fourth-order valence-corrected chi connectivity index (χ4v) is 2.10. The van der Waals surface area contributed by atoms with E-state index in [4.69, 9.17) is 0 Å². The van der Waals surface area contributed by atoms with Crippen LogP contribution in [0.2, 0.25) is 0 Å². The van der Waals surface area contributed by atoms with Crippen LogP contribution in [0.4, 0.5) is 10.8 Å². The molecule has 6 heteroatoms. The minimum absolute atomic E-state index is 0.403. The molecule has 1 aromatic carbocycles. The van der Waals surface area contributed by atoms with E-state index in [0.717, 1.165) is 0 Å². The lowest BCUT2D eigenvalue weighted by Gasteiger charge is -2.08. The normalized spacial score (nSPS) is 10.3. The second kappa shape index (κ2) is 6.29. The van der Waals surface area contributed by atoms with Crippen molar-refractivity contribution in [3.05, 3.63) is 41.4 Å². The molecule has 2 amide bonds. The maximum Gasteiger partial charge on any atom is 0.315 e. The summed E-state index contributed by atoms with van der Waals surface area (Å²) in [6, 6.07) is 7.42. The average Bonchev–Trinajstić information content (AvgIpc) is 2.92. The number of hydrogen-bond acceptors (Lipinski definition) is 4. The Balaban J connectivity index is 1.95. The maximum absolute atomic E-state index is 11.7. The lowest BCUT2D eigenvalue weighted by molar-refractivity contribution is -0.132. The van der Waals surface area contributed by atoms with Gasteiger partial charge in [-0.3, -0.25) is 14.9 Å². The van der Waals surface area contributed by atoms with Crippen molar-refractivity contribution in [3.8, 4) is 0 Å². The summed E-state index contributed by atoms with van der Waals surface area (Å²) < 4.78 is 0. The summed E-state index contributed by atoms with van der Waals surface area (Å²) in [5, 5.41) is 7.10. The van der Waals surface area contributed by atoms with Gasteiger partial charge in [0.15, 0.2) is 5.13 Å². The largest absolute Gasteiger partial charge is 0.318 e. The lowest BCUT2D eigenvalue weighted by Crippen LogP contribution is -2.28. The smallest absolute Gasteiger partial charge is 0.315 e. The van der Waals surface area contributed by atoms with E-state index in [1.807, 2.05) is 12.1 Å². The number of nitrogens with zero attached hydrogens (tertiary/aromatic N) is 1. The first-order valence-corrected chi connectivity index (χ1v) is 7.06.